The fraction of sp³-hybridized carbons (Fsp3) is 0.538. The van der Waals surface area contributed by atoms with Crippen LogP contribution in [0.1, 0.15) is 27.7 Å². The quantitative estimate of drug-likeness (QED) is 0.835. The first-order valence-electron chi connectivity index (χ1n) is 6.12. The van der Waals surface area contributed by atoms with Crippen molar-refractivity contribution in [1.29, 1.82) is 0 Å². The number of nitrogen functional groups attached to an aromatic ring is 1. The Labute approximate surface area is 110 Å². The van der Waals surface area contributed by atoms with Crippen LogP contribution in [-0.4, -0.2) is 25.3 Å². The first-order valence-corrected chi connectivity index (χ1v) is 7.56. The molecule has 0 aliphatic rings. The van der Waals surface area contributed by atoms with Crippen LogP contribution in [0.5, 0.6) is 0 Å². The predicted molar refractivity (Wildman–Crippen MR) is 74.7 cm³/mol. The Hall–Kier alpha value is -1.07. The van der Waals surface area contributed by atoms with Crippen LogP contribution in [0.25, 0.3) is 0 Å². The summed E-state index contributed by atoms with van der Waals surface area (Å²) in [6, 6.07) is 6.28. The average molecular weight is 270 g/mol. The summed E-state index contributed by atoms with van der Waals surface area (Å²) in [4.78, 5) is 0.297. The standard InChI is InChI=1S/C13H22N2O2S/c1-10(2)9-15(11(3)4)18(16,17)13-7-5-12(14)6-8-13/h5-8,10-11H,9,14H2,1-4H3. The molecule has 0 atom stereocenters. The minimum absolute atomic E-state index is 0.0602. The van der Waals surface area contributed by atoms with E-state index in [4.69, 9.17) is 5.73 Å². The van der Waals surface area contributed by atoms with Crippen molar-refractivity contribution in [3.63, 3.8) is 0 Å². The van der Waals surface area contributed by atoms with Gasteiger partial charge in [0.05, 0.1) is 4.90 Å². The van der Waals surface area contributed by atoms with Gasteiger partial charge in [-0.3, -0.25) is 0 Å². The number of nitrogens with two attached hydrogens (primary N) is 1. The van der Waals surface area contributed by atoms with E-state index in [1.165, 1.54) is 4.31 Å². The summed E-state index contributed by atoms with van der Waals surface area (Å²) >= 11 is 0. The third-order valence-electron chi connectivity index (χ3n) is 2.61. The first-order chi connectivity index (χ1) is 8.25. The molecule has 2 N–H and O–H groups in total. The lowest BCUT2D eigenvalue weighted by Gasteiger charge is -2.27. The van der Waals surface area contributed by atoms with Gasteiger partial charge in [-0.2, -0.15) is 4.31 Å². The Morgan fingerprint density at radius 2 is 1.61 bits per heavy atom. The van der Waals surface area contributed by atoms with Gasteiger partial charge in [0.15, 0.2) is 0 Å². The summed E-state index contributed by atoms with van der Waals surface area (Å²) in [6.07, 6.45) is 0. The third kappa shape index (κ3) is 3.46. The van der Waals surface area contributed by atoms with Gasteiger partial charge in [0.2, 0.25) is 10.0 Å². The first kappa shape index (κ1) is 15.0. The fourth-order valence-corrected chi connectivity index (χ4v) is 3.52. The predicted octanol–water partition coefficient (Wildman–Crippen LogP) is 2.32. The van der Waals surface area contributed by atoms with Gasteiger partial charge < -0.3 is 5.73 Å². The normalized spacial score (nSPS) is 12.6. The third-order valence-corrected chi connectivity index (χ3v) is 4.66. The van der Waals surface area contributed by atoms with E-state index in [9.17, 15) is 8.42 Å². The summed E-state index contributed by atoms with van der Waals surface area (Å²) in [5, 5.41) is 0. The number of sulfonamides is 1. The highest BCUT2D eigenvalue weighted by atomic mass is 32.2. The molecule has 0 fully saturated rings. The van der Waals surface area contributed by atoms with Gasteiger partial charge in [-0.15, -0.1) is 0 Å². The zero-order valence-electron chi connectivity index (χ0n) is 11.4. The van der Waals surface area contributed by atoms with E-state index in [1.54, 1.807) is 24.3 Å². The SMILES string of the molecule is CC(C)CN(C(C)C)S(=O)(=O)c1ccc(N)cc1. The van der Waals surface area contributed by atoms with Crippen molar-refractivity contribution < 1.29 is 8.42 Å². The maximum Gasteiger partial charge on any atom is 0.243 e. The van der Waals surface area contributed by atoms with Crippen LogP contribution in [0, 0.1) is 5.92 Å². The number of rotatable bonds is 5. The highest BCUT2D eigenvalue weighted by Crippen LogP contribution is 2.20. The second-order valence-corrected chi connectivity index (χ2v) is 7.02. The van der Waals surface area contributed by atoms with Gasteiger partial charge in [-0.25, -0.2) is 8.42 Å². The molecule has 18 heavy (non-hydrogen) atoms. The van der Waals surface area contributed by atoms with Gasteiger partial charge >= 0.3 is 0 Å². The van der Waals surface area contributed by atoms with E-state index in [0.717, 1.165) is 0 Å². The van der Waals surface area contributed by atoms with Gasteiger partial charge in [0.1, 0.15) is 0 Å². The lowest BCUT2D eigenvalue weighted by molar-refractivity contribution is 0.319. The van der Waals surface area contributed by atoms with E-state index in [0.29, 0.717) is 17.1 Å². The van der Waals surface area contributed by atoms with Crippen molar-refractivity contribution in [2.45, 2.75) is 38.6 Å². The highest BCUT2D eigenvalue weighted by molar-refractivity contribution is 7.89. The van der Waals surface area contributed by atoms with E-state index in [1.807, 2.05) is 27.7 Å². The van der Waals surface area contributed by atoms with E-state index < -0.39 is 10.0 Å². The molecule has 0 amide bonds. The Morgan fingerprint density at radius 3 is 2.00 bits per heavy atom. The van der Waals surface area contributed by atoms with Crippen LogP contribution >= 0.6 is 0 Å². The number of hydrogen-bond donors (Lipinski definition) is 1. The molecule has 0 bridgehead atoms. The second kappa shape index (κ2) is 5.71. The molecule has 0 spiro atoms. The molecular formula is C13H22N2O2S. The van der Waals surface area contributed by atoms with Crippen LogP contribution in [0.3, 0.4) is 0 Å². The van der Waals surface area contributed by atoms with Crippen LogP contribution in [0.2, 0.25) is 0 Å². The lowest BCUT2D eigenvalue weighted by Crippen LogP contribution is -2.39. The molecule has 1 rings (SSSR count). The van der Waals surface area contributed by atoms with Crippen LogP contribution in [0.15, 0.2) is 29.2 Å². The molecular weight excluding hydrogens is 248 g/mol. The molecule has 0 radical (unpaired) electrons. The van der Waals surface area contributed by atoms with Gasteiger partial charge in [0, 0.05) is 18.3 Å². The Kier molecular flexibility index (Phi) is 4.76. The smallest absolute Gasteiger partial charge is 0.243 e. The molecule has 0 aliphatic carbocycles. The molecule has 0 aromatic heterocycles. The van der Waals surface area contributed by atoms with Crippen molar-refractivity contribution in [2.75, 3.05) is 12.3 Å². The van der Waals surface area contributed by atoms with Crippen molar-refractivity contribution in [3.05, 3.63) is 24.3 Å². The van der Waals surface area contributed by atoms with E-state index >= 15 is 0 Å². The number of hydrogen-bond acceptors (Lipinski definition) is 3. The molecule has 4 nitrogen and oxygen atoms in total. The molecule has 0 heterocycles. The highest BCUT2D eigenvalue weighted by Gasteiger charge is 2.27. The number of anilines is 1. The molecule has 1 aromatic rings. The summed E-state index contributed by atoms with van der Waals surface area (Å²) < 4.78 is 26.5. The van der Waals surface area contributed by atoms with Crippen molar-refractivity contribution in [3.8, 4) is 0 Å². The number of nitrogens with zero attached hydrogens (tertiary/aromatic N) is 1. The minimum atomic E-state index is -3.43. The average Bonchev–Trinajstić information content (AvgIpc) is 2.25. The van der Waals surface area contributed by atoms with Gasteiger partial charge in [-0.1, -0.05) is 13.8 Å². The van der Waals surface area contributed by atoms with Crippen molar-refractivity contribution in [2.24, 2.45) is 5.92 Å². The molecule has 1 aromatic carbocycles. The largest absolute Gasteiger partial charge is 0.399 e. The summed E-state index contributed by atoms with van der Waals surface area (Å²) in [6.45, 7) is 8.31. The molecule has 0 saturated heterocycles. The molecule has 0 aliphatic heterocycles. The lowest BCUT2D eigenvalue weighted by atomic mass is 10.2. The van der Waals surface area contributed by atoms with Crippen molar-refractivity contribution >= 4 is 15.7 Å². The Balaban J connectivity index is 3.13. The Bertz CT molecular complexity index is 478. The van der Waals surface area contributed by atoms with E-state index in [-0.39, 0.29) is 12.0 Å². The monoisotopic (exact) mass is 270 g/mol. The topological polar surface area (TPSA) is 63.4 Å². The number of benzene rings is 1. The van der Waals surface area contributed by atoms with Gasteiger partial charge in [-0.05, 0) is 44.0 Å². The van der Waals surface area contributed by atoms with Crippen LogP contribution in [0.4, 0.5) is 5.69 Å². The molecule has 102 valence electrons. The van der Waals surface area contributed by atoms with Crippen LogP contribution < -0.4 is 5.73 Å². The Morgan fingerprint density at radius 1 is 1.11 bits per heavy atom. The van der Waals surface area contributed by atoms with Crippen molar-refractivity contribution in [1.82, 2.24) is 4.31 Å². The van der Waals surface area contributed by atoms with Gasteiger partial charge in [0.25, 0.3) is 0 Å². The van der Waals surface area contributed by atoms with Crippen LogP contribution in [-0.2, 0) is 10.0 Å². The maximum atomic E-state index is 12.5. The van der Waals surface area contributed by atoms with E-state index in [2.05, 4.69) is 0 Å². The molecule has 0 unspecified atom stereocenters. The zero-order chi connectivity index (χ0) is 13.9. The molecule has 5 heteroatoms. The fourth-order valence-electron chi connectivity index (χ4n) is 1.72. The second-order valence-electron chi connectivity index (χ2n) is 5.13. The maximum absolute atomic E-state index is 12.5. The molecule has 0 saturated carbocycles. The zero-order valence-corrected chi connectivity index (χ0v) is 12.2. The minimum Gasteiger partial charge on any atom is -0.399 e. The summed E-state index contributed by atoms with van der Waals surface area (Å²) in [7, 11) is -3.43. The summed E-state index contributed by atoms with van der Waals surface area (Å²) in [5.74, 6) is 0.288. The summed E-state index contributed by atoms with van der Waals surface area (Å²) in [5.41, 5.74) is 6.14.